The molecule has 0 fully saturated rings. The molecule has 2 N–H and O–H groups in total. The summed E-state index contributed by atoms with van der Waals surface area (Å²) in [5.41, 5.74) is 6.50. The standard InChI is InChI=1S/C12H11BrN2/c1-8(14)15-12-7-6-11(13)9-4-2-3-5-10(9)12/h2-7H,1H3,(H2,14,15). The van der Waals surface area contributed by atoms with Crippen molar-refractivity contribution in [3.63, 3.8) is 0 Å². The number of amidine groups is 1. The average molecular weight is 263 g/mol. The Morgan fingerprint density at radius 1 is 1.13 bits per heavy atom. The third-order valence-corrected chi connectivity index (χ3v) is 2.84. The number of benzene rings is 2. The molecule has 0 saturated heterocycles. The first-order chi connectivity index (χ1) is 7.18. The molecule has 0 aromatic heterocycles. The zero-order valence-electron chi connectivity index (χ0n) is 8.37. The smallest absolute Gasteiger partial charge is 0.0965 e. The van der Waals surface area contributed by atoms with Gasteiger partial charge in [-0.3, -0.25) is 0 Å². The molecule has 0 saturated carbocycles. The molecule has 2 aromatic rings. The lowest BCUT2D eigenvalue weighted by Crippen LogP contribution is -2.03. The zero-order valence-corrected chi connectivity index (χ0v) is 9.95. The van der Waals surface area contributed by atoms with Gasteiger partial charge < -0.3 is 5.73 Å². The van der Waals surface area contributed by atoms with Gasteiger partial charge in [0, 0.05) is 9.86 Å². The predicted octanol–water partition coefficient (Wildman–Crippen LogP) is 3.61. The molecule has 2 nitrogen and oxygen atoms in total. The highest BCUT2D eigenvalue weighted by Crippen LogP contribution is 2.31. The molecule has 0 unspecified atom stereocenters. The fourth-order valence-electron chi connectivity index (χ4n) is 1.53. The van der Waals surface area contributed by atoms with Gasteiger partial charge in [-0.05, 0) is 24.4 Å². The van der Waals surface area contributed by atoms with Gasteiger partial charge in [-0.2, -0.15) is 0 Å². The Labute approximate surface area is 96.9 Å². The summed E-state index contributed by atoms with van der Waals surface area (Å²) in [5.74, 6) is 0.572. The third-order valence-electron chi connectivity index (χ3n) is 2.14. The van der Waals surface area contributed by atoms with Crippen LogP contribution in [0.15, 0.2) is 45.9 Å². The summed E-state index contributed by atoms with van der Waals surface area (Å²) in [4.78, 5) is 4.30. The summed E-state index contributed by atoms with van der Waals surface area (Å²) in [6.07, 6.45) is 0. The maximum atomic E-state index is 5.59. The van der Waals surface area contributed by atoms with E-state index in [-0.39, 0.29) is 0 Å². The fourth-order valence-corrected chi connectivity index (χ4v) is 2.01. The molecule has 0 spiro atoms. The Kier molecular flexibility index (Phi) is 2.73. The van der Waals surface area contributed by atoms with E-state index in [1.807, 2.05) is 30.3 Å². The third kappa shape index (κ3) is 2.02. The van der Waals surface area contributed by atoms with Crippen molar-refractivity contribution < 1.29 is 0 Å². The van der Waals surface area contributed by atoms with Gasteiger partial charge >= 0.3 is 0 Å². The minimum atomic E-state index is 0.572. The van der Waals surface area contributed by atoms with Crippen molar-refractivity contribution in [2.75, 3.05) is 0 Å². The van der Waals surface area contributed by atoms with Crippen molar-refractivity contribution >= 4 is 38.2 Å². The van der Waals surface area contributed by atoms with Gasteiger partial charge in [-0.15, -0.1) is 0 Å². The van der Waals surface area contributed by atoms with Crippen molar-refractivity contribution in [3.8, 4) is 0 Å². The molecule has 0 aliphatic heterocycles. The van der Waals surface area contributed by atoms with E-state index in [0.29, 0.717) is 5.84 Å². The van der Waals surface area contributed by atoms with Crippen molar-refractivity contribution in [1.29, 1.82) is 0 Å². The van der Waals surface area contributed by atoms with Crippen LogP contribution in [-0.4, -0.2) is 5.84 Å². The molecule has 0 amide bonds. The van der Waals surface area contributed by atoms with Crippen LogP contribution in [0, 0.1) is 0 Å². The molecule has 3 heteroatoms. The predicted molar refractivity (Wildman–Crippen MR) is 68.6 cm³/mol. The Hall–Kier alpha value is -1.35. The monoisotopic (exact) mass is 262 g/mol. The van der Waals surface area contributed by atoms with Crippen LogP contribution in [0.25, 0.3) is 10.8 Å². The van der Waals surface area contributed by atoms with Crippen molar-refractivity contribution in [2.45, 2.75) is 6.92 Å². The summed E-state index contributed by atoms with van der Waals surface area (Å²) in [6, 6.07) is 12.1. The Bertz CT molecular complexity index is 528. The molecular weight excluding hydrogens is 252 g/mol. The number of nitrogens with two attached hydrogens (primary N) is 1. The number of fused-ring (bicyclic) bond motifs is 1. The van der Waals surface area contributed by atoms with E-state index < -0.39 is 0 Å². The van der Waals surface area contributed by atoms with Crippen molar-refractivity contribution in [3.05, 3.63) is 40.9 Å². The van der Waals surface area contributed by atoms with Gasteiger partial charge in [-0.1, -0.05) is 40.2 Å². The Morgan fingerprint density at radius 3 is 2.47 bits per heavy atom. The molecule has 2 rings (SSSR count). The first kappa shape index (κ1) is 10.2. The van der Waals surface area contributed by atoms with Gasteiger partial charge in [0.1, 0.15) is 0 Å². The number of hydrogen-bond donors (Lipinski definition) is 1. The molecule has 15 heavy (non-hydrogen) atoms. The van der Waals surface area contributed by atoms with E-state index in [9.17, 15) is 0 Å². The van der Waals surface area contributed by atoms with Crippen LogP contribution in [-0.2, 0) is 0 Å². The van der Waals surface area contributed by atoms with Crippen LogP contribution >= 0.6 is 15.9 Å². The number of aliphatic imine (C=N–C) groups is 1. The van der Waals surface area contributed by atoms with Crippen LogP contribution in [0.2, 0.25) is 0 Å². The first-order valence-corrected chi connectivity index (χ1v) is 5.46. The summed E-state index contributed by atoms with van der Waals surface area (Å²) >= 11 is 3.52. The normalized spacial score (nSPS) is 12.0. The quantitative estimate of drug-likeness (QED) is 0.619. The van der Waals surface area contributed by atoms with Crippen LogP contribution in [0.1, 0.15) is 6.92 Å². The second-order valence-corrected chi connectivity index (χ2v) is 4.22. The van der Waals surface area contributed by atoms with Crippen LogP contribution < -0.4 is 5.73 Å². The number of hydrogen-bond acceptors (Lipinski definition) is 1. The van der Waals surface area contributed by atoms with E-state index in [1.165, 1.54) is 0 Å². The number of nitrogens with zero attached hydrogens (tertiary/aromatic N) is 1. The molecular formula is C12H11BrN2. The number of halogens is 1. The van der Waals surface area contributed by atoms with E-state index >= 15 is 0 Å². The molecule has 0 heterocycles. The topological polar surface area (TPSA) is 38.4 Å². The molecule has 0 atom stereocenters. The number of rotatable bonds is 1. The van der Waals surface area contributed by atoms with Gasteiger partial charge in [0.05, 0.1) is 11.5 Å². The van der Waals surface area contributed by atoms with E-state index in [0.717, 1.165) is 20.9 Å². The summed E-state index contributed by atoms with van der Waals surface area (Å²) in [5, 5.41) is 2.26. The minimum Gasteiger partial charge on any atom is -0.387 e. The van der Waals surface area contributed by atoms with Crippen LogP contribution in [0.4, 0.5) is 5.69 Å². The summed E-state index contributed by atoms with van der Waals surface area (Å²) in [7, 11) is 0. The second-order valence-electron chi connectivity index (χ2n) is 3.37. The van der Waals surface area contributed by atoms with E-state index in [2.05, 4.69) is 27.0 Å². The highest BCUT2D eigenvalue weighted by atomic mass is 79.9. The maximum Gasteiger partial charge on any atom is 0.0965 e. The van der Waals surface area contributed by atoms with Gasteiger partial charge in [-0.25, -0.2) is 4.99 Å². The molecule has 0 radical (unpaired) electrons. The van der Waals surface area contributed by atoms with E-state index in [1.54, 1.807) is 6.92 Å². The summed E-state index contributed by atoms with van der Waals surface area (Å²) < 4.78 is 1.08. The maximum absolute atomic E-state index is 5.59. The van der Waals surface area contributed by atoms with Crippen molar-refractivity contribution in [1.82, 2.24) is 0 Å². The SMILES string of the molecule is CC(N)=Nc1ccc(Br)c2ccccc12. The van der Waals surface area contributed by atoms with Crippen LogP contribution in [0.5, 0.6) is 0 Å². The van der Waals surface area contributed by atoms with Gasteiger partial charge in [0.15, 0.2) is 0 Å². The second kappa shape index (κ2) is 4.03. The molecule has 0 aliphatic rings. The lowest BCUT2D eigenvalue weighted by Gasteiger charge is -2.04. The lowest BCUT2D eigenvalue weighted by molar-refractivity contribution is 1.47. The first-order valence-electron chi connectivity index (χ1n) is 4.66. The molecule has 2 aromatic carbocycles. The Morgan fingerprint density at radius 2 is 1.80 bits per heavy atom. The fraction of sp³-hybridized carbons (Fsp3) is 0.0833. The average Bonchev–Trinajstić information content (AvgIpc) is 2.22. The van der Waals surface area contributed by atoms with Crippen molar-refractivity contribution in [2.24, 2.45) is 10.7 Å². The highest BCUT2D eigenvalue weighted by molar-refractivity contribution is 9.10. The van der Waals surface area contributed by atoms with Gasteiger partial charge in [0.25, 0.3) is 0 Å². The lowest BCUT2D eigenvalue weighted by atomic mass is 10.1. The molecule has 76 valence electrons. The molecule has 0 bridgehead atoms. The molecule has 0 aliphatic carbocycles. The van der Waals surface area contributed by atoms with Crippen LogP contribution in [0.3, 0.4) is 0 Å². The highest BCUT2D eigenvalue weighted by Gasteiger charge is 2.02. The van der Waals surface area contributed by atoms with Gasteiger partial charge in [0.2, 0.25) is 0 Å². The zero-order chi connectivity index (χ0) is 10.8. The largest absolute Gasteiger partial charge is 0.387 e. The Balaban J connectivity index is 2.77. The van der Waals surface area contributed by atoms with E-state index in [4.69, 9.17) is 5.73 Å². The minimum absolute atomic E-state index is 0.572. The summed E-state index contributed by atoms with van der Waals surface area (Å²) in [6.45, 7) is 1.79.